The van der Waals surface area contributed by atoms with Crippen molar-refractivity contribution in [3.8, 4) is 17.2 Å². The first-order valence-corrected chi connectivity index (χ1v) is 21.8. The molecule has 3 aromatic rings. The highest BCUT2D eigenvalue weighted by Gasteiger charge is 2.64. The third-order valence-electron chi connectivity index (χ3n) is 11.0. The quantitative estimate of drug-likeness (QED) is 0.0310. The van der Waals surface area contributed by atoms with E-state index in [1.807, 2.05) is 0 Å². The highest BCUT2D eigenvalue weighted by atomic mass is 19.4. The van der Waals surface area contributed by atoms with E-state index in [9.17, 15) is 65.9 Å². The molecule has 0 spiro atoms. The fraction of sp³-hybridized carbons (Fsp3) is 0.591. The van der Waals surface area contributed by atoms with Gasteiger partial charge in [0.25, 0.3) is 0 Å². The molecule has 0 N–H and O–H groups in total. The maximum absolute atomic E-state index is 15.9. The van der Waals surface area contributed by atoms with Gasteiger partial charge in [0, 0.05) is 19.3 Å². The summed E-state index contributed by atoms with van der Waals surface area (Å²) in [4.78, 5) is 0. The number of unbranched alkanes of at least 4 members (excludes halogenated alkanes) is 2. The molecule has 70 heavy (non-hydrogen) atoms. The summed E-state index contributed by atoms with van der Waals surface area (Å²) in [6, 6.07) is -1.96. The fourth-order valence-electron chi connectivity index (χ4n) is 8.38. The molecule has 3 aromatic carbocycles. The van der Waals surface area contributed by atoms with Gasteiger partial charge in [0.05, 0.1) is 65.3 Å². The average molecular weight is 1040 g/mol. The normalized spacial score (nSPS) is 15.8. The largest absolute Gasteiger partial charge is 0.864 e. The third-order valence-corrected chi connectivity index (χ3v) is 11.0. The van der Waals surface area contributed by atoms with E-state index >= 15 is 13.2 Å². The smallest absolute Gasteiger partial charge is 0.490 e. The van der Waals surface area contributed by atoms with Crippen molar-refractivity contribution in [3.63, 3.8) is 0 Å². The van der Waals surface area contributed by atoms with Gasteiger partial charge in [-0.3, -0.25) is 0 Å². The van der Waals surface area contributed by atoms with Crippen LogP contribution in [0.25, 0.3) is 0 Å². The van der Waals surface area contributed by atoms with E-state index in [1.165, 1.54) is 27.7 Å². The van der Waals surface area contributed by atoms with E-state index in [-0.39, 0.29) is 75.4 Å². The van der Waals surface area contributed by atoms with E-state index in [2.05, 4.69) is 0 Å². The molecule has 3 atom stereocenters. The Bertz CT molecular complexity index is 2000. The van der Waals surface area contributed by atoms with Crippen molar-refractivity contribution >= 4 is 7.32 Å². The van der Waals surface area contributed by atoms with Crippen LogP contribution in [0.4, 0.5) is 79.0 Å². The lowest BCUT2D eigenvalue weighted by atomic mass is 9.85. The van der Waals surface area contributed by atoms with Crippen LogP contribution in [0.5, 0.6) is 17.2 Å². The van der Waals surface area contributed by atoms with Crippen LogP contribution in [0.1, 0.15) is 126 Å². The van der Waals surface area contributed by atoms with Crippen LogP contribution in [0.3, 0.4) is 0 Å². The van der Waals surface area contributed by atoms with Crippen molar-refractivity contribution in [2.45, 2.75) is 142 Å². The number of rotatable bonds is 23. The Labute approximate surface area is 392 Å². The van der Waals surface area contributed by atoms with Crippen LogP contribution >= 0.6 is 0 Å². The topological polar surface area (TPSA) is 55.4 Å². The van der Waals surface area contributed by atoms with Gasteiger partial charge in [-0.05, 0) is 82.1 Å². The Kier molecular flexibility index (Phi) is 19.8. The molecule has 0 aliphatic rings. The molecule has 0 fully saturated rings. The van der Waals surface area contributed by atoms with Gasteiger partial charge in [-0.1, -0.05) is 34.1 Å². The molecule has 0 saturated carbocycles. The number of nitrogens with zero attached hydrogens (tertiary/aromatic N) is 1. The Morgan fingerprint density at radius 1 is 0.457 bits per heavy atom. The zero-order valence-electron chi connectivity index (χ0n) is 38.6. The molecular formula is C44H51BF18NO6+. The maximum Gasteiger partial charge on any atom is 0.864 e. The van der Waals surface area contributed by atoms with Crippen LogP contribution in [0.2, 0.25) is 0 Å². The molecule has 0 aliphatic carbocycles. The van der Waals surface area contributed by atoms with Gasteiger partial charge in [0.1, 0.15) is 17.2 Å². The van der Waals surface area contributed by atoms with Crippen molar-refractivity contribution in [1.29, 1.82) is 0 Å². The number of hydrogen-bond donors (Lipinski definition) is 0. The summed E-state index contributed by atoms with van der Waals surface area (Å²) >= 11 is 0. The summed E-state index contributed by atoms with van der Waals surface area (Å²) in [6.45, 7) is 9.54. The Morgan fingerprint density at radius 3 is 1.14 bits per heavy atom. The summed E-state index contributed by atoms with van der Waals surface area (Å²) in [7, 11) is -3.42. The van der Waals surface area contributed by atoms with E-state index < -0.39 is 148 Å². The third kappa shape index (κ3) is 14.0. The second-order valence-electron chi connectivity index (χ2n) is 15.6. The number of quaternary nitrogens is 1. The van der Waals surface area contributed by atoms with E-state index in [0.717, 1.165) is 0 Å². The molecular weight excluding hydrogens is 991 g/mol. The van der Waals surface area contributed by atoms with Gasteiger partial charge in [-0.25, -0.2) is 4.48 Å². The summed E-state index contributed by atoms with van der Waals surface area (Å²) in [5, 5.41) is 0. The lowest BCUT2D eigenvalue weighted by molar-refractivity contribution is -1.08. The van der Waals surface area contributed by atoms with Crippen LogP contribution in [-0.2, 0) is 57.0 Å². The Morgan fingerprint density at radius 2 is 0.843 bits per heavy atom. The van der Waals surface area contributed by atoms with Crippen LogP contribution in [-0.4, -0.2) is 50.6 Å². The minimum atomic E-state index is -5.85. The predicted molar refractivity (Wildman–Crippen MR) is 217 cm³/mol. The Balaban J connectivity index is 2.79. The van der Waals surface area contributed by atoms with Crippen molar-refractivity contribution in [2.75, 3.05) is 26.4 Å². The molecule has 7 nitrogen and oxygen atoms in total. The van der Waals surface area contributed by atoms with Crippen LogP contribution in [0, 0.1) is 0 Å². The maximum atomic E-state index is 15.9. The van der Waals surface area contributed by atoms with E-state index in [0.29, 0.717) is 12.8 Å². The number of alkyl halides is 18. The van der Waals surface area contributed by atoms with Crippen LogP contribution < -0.4 is 14.0 Å². The minimum Gasteiger partial charge on any atom is -0.490 e. The highest BCUT2D eigenvalue weighted by molar-refractivity contribution is 6.39. The molecule has 0 saturated heterocycles. The molecule has 0 aliphatic heterocycles. The Hall–Kier alpha value is -4.30. The number of halogens is 18. The van der Waals surface area contributed by atoms with Crippen molar-refractivity contribution < 1.29 is 112 Å². The average Bonchev–Trinajstić information content (AvgIpc) is 3.23. The monoisotopic (exact) mass is 1040 g/mol. The SMILES string of the molecule is CCCCC[N+](C(CC)OCC)(C(CC)OCC)C(CC)(OCC)c1c(OB(Oc2cc(C(F)(F)F)cc(C(F)(F)F)c2)Oc2cc(C(F)(F)F)cc(C(F)(F)F)c2)cc(C(F)(F)F)cc1C(F)(F)F. The first-order chi connectivity index (χ1) is 32.1. The molecule has 0 aromatic heterocycles. The van der Waals surface area contributed by atoms with E-state index in [4.69, 9.17) is 28.2 Å². The number of hydrogen-bond acceptors (Lipinski definition) is 6. The van der Waals surface area contributed by atoms with Crippen molar-refractivity contribution in [3.05, 3.63) is 87.5 Å². The molecule has 0 amide bonds. The molecule has 0 bridgehead atoms. The zero-order valence-corrected chi connectivity index (χ0v) is 38.6. The van der Waals surface area contributed by atoms with Crippen molar-refractivity contribution in [2.24, 2.45) is 0 Å². The fourth-order valence-corrected chi connectivity index (χ4v) is 8.38. The molecule has 3 unspecified atom stereocenters. The number of ether oxygens (including phenoxy) is 3. The van der Waals surface area contributed by atoms with E-state index in [1.54, 1.807) is 20.8 Å². The summed E-state index contributed by atoms with van der Waals surface area (Å²) < 4.78 is 295. The summed E-state index contributed by atoms with van der Waals surface area (Å²) in [5.74, 6) is -4.93. The predicted octanol–water partition coefficient (Wildman–Crippen LogP) is 15.5. The molecule has 3 rings (SSSR count). The second kappa shape index (κ2) is 23.1. The van der Waals surface area contributed by atoms with Crippen LogP contribution in [0.15, 0.2) is 48.5 Å². The lowest BCUT2D eigenvalue weighted by Gasteiger charge is -2.59. The lowest BCUT2D eigenvalue weighted by Crippen LogP contribution is -2.74. The molecule has 396 valence electrons. The number of benzene rings is 3. The molecule has 26 heteroatoms. The summed E-state index contributed by atoms with van der Waals surface area (Å²) in [6.07, 6.45) is -36.4. The van der Waals surface area contributed by atoms with Gasteiger partial charge in [0.15, 0.2) is 12.5 Å². The van der Waals surface area contributed by atoms with Gasteiger partial charge in [-0.2, -0.15) is 79.0 Å². The second-order valence-corrected chi connectivity index (χ2v) is 15.6. The molecule has 0 radical (unpaired) electrons. The first kappa shape index (κ1) is 60.0. The van der Waals surface area contributed by atoms with Crippen molar-refractivity contribution in [1.82, 2.24) is 0 Å². The van der Waals surface area contributed by atoms with Gasteiger partial charge in [0.2, 0.25) is 5.72 Å². The van der Waals surface area contributed by atoms with Gasteiger partial charge >= 0.3 is 44.4 Å². The minimum absolute atomic E-state index is 0.0560. The zero-order chi connectivity index (χ0) is 53.5. The highest BCUT2D eigenvalue weighted by Crippen LogP contribution is 2.55. The standard InChI is InChI=1S/C44H51BF18NO6/c1-8-15-16-17-64(35(9-2)65-12-5,36(10-3)66-13-6)38(11-4,67-14-7)37-33(44(61,62)63)24-30(43(58,59)60)25-34(37)70-45(68-31-20-26(39(46,47)48)18-27(21-31)40(49,50)51)69-32-22-28(41(52,53)54)19-29(23-32)42(55,56)57/h18-25,35-36H,8-17H2,1-7H3/q+1. The van der Waals surface area contributed by atoms with Gasteiger partial charge in [-0.15, -0.1) is 0 Å². The van der Waals surface area contributed by atoms with Gasteiger partial charge < -0.3 is 28.2 Å². The molecule has 0 heterocycles. The summed E-state index contributed by atoms with van der Waals surface area (Å²) in [5.41, 5.74) is -16.9. The first-order valence-electron chi connectivity index (χ1n) is 21.8.